The number of amides is 1. The maximum Gasteiger partial charge on any atom is 0.326 e. The van der Waals surface area contributed by atoms with Crippen LogP contribution in [0.3, 0.4) is 0 Å². The zero-order valence-electron chi connectivity index (χ0n) is 10.3. The minimum absolute atomic E-state index is 0.00598. The first-order valence-electron chi connectivity index (χ1n) is 6.18. The molecule has 0 aromatic carbocycles. The number of likely N-dealkylation sites (tertiary alicyclic amines) is 1. The Balaban J connectivity index is 2.16. The van der Waals surface area contributed by atoms with Crippen molar-refractivity contribution in [2.45, 2.75) is 44.7 Å². The van der Waals surface area contributed by atoms with Gasteiger partial charge in [0.15, 0.2) is 0 Å². The predicted octanol–water partition coefficient (Wildman–Crippen LogP) is 0.435. The molecule has 2 aliphatic rings. The van der Waals surface area contributed by atoms with E-state index in [2.05, 4.69) is 0 Å². The van der Waals surface area contributed by atoms with E-state index in [-0.39, 0.29) is 17.7 Å². The second kappa shape index (κ2) is 3.98. The fraction of sp³-hybridized carbons (Fsp3) is 0.833. The molecule has 0 bridgehead atoms. The Labute approximate surface area is 101 Å². The van der Waals surface area contributed by atoms with Gasteiger partial charge in [-0.05, 0) is 38.0 Å². The number of rotatable bonds is 3. The van der Waals surface area contributed by atoms with Gasteiger partial charge >= 0.3 is 5.97 Å². The van der Waals surface area contributed by atoms with Crippen molar-refractivity contribution in [1.29, 1.82) is 0 Å². The predicted molar refractivity (Wildman–Crippen MR) is 62.2 cm³/mol. The van der Waals surface area contributed by atoms with E-state index in [1.165, 1.54) is 4.90 Å². The molecule has 2 rings (SSSR count). The summed E-state index contributed by atoms with van der Waals surface area (Å²) < 4.78 is 0. The standard InChI is InChI=1S/C12H20N2O3/c1-7-5-6-14(9(7)10(15)16)11(17)12(2,13)8-3-4-8/h7-9H,3-6,13H2,1-2H3,(H,15,16). The normalized spacial score (nSPS) is 32.3. The van der Waals surface area contributed by atoms with Gasteiger partial charge in [-0.15, -0.1) is 0 Å². The third-order valence-electron chi connectivity index (χ3n) is 4.10. The maximum absolute atomic E-state index is 12.3. The number of hydrogen-bond acceptors (Lipinski definition) is 3. The van der Waals surface area contributed by atoms with Crippen molar-refractivity contribution in [3.05, 3.63) is 0 Å². The Bertz CT molecular complexity index is 350. The molecule has 0 radical (unpaired) electrons. The smallest absolute Gasteiger partial charge is 0.326 e. The number of nitrogens with zero attached hydrogens (tertiary/aromatic N) is 1. The van der Waals surface area contributed by atoms with E-state index in [4.69, 9.17) is 5.73 Å². The number of carbonyl (C=O) groups excluding carboxylic acids is 1. The fourth-order valence-electron chi connectivity index (χ4n) is 2.72. The van der Waals surface area contributed by atoms with E-state index in [1.54, 1.807) is 6.92 Å². The van der Waals surface area contributed by atoms with Gasteiger partial charge in [-0.3, -0.25) is 4.79 Å². The lowest BCUT2D eigenvalue weighted by Gasteiger charge is -2.32. The molecule has 3 unspecified atom stereocenters. The Morgan fingerprint density at radius 1 is 1.35 bits per heavy atom. The van der Waals surface area contributed by atoms with Crippen molar-refractivity contribution in [3.8, 4) is 0 Å². The lowest BCUT2D eigenvalue weighted by Crippen LogP contribution is -2.57. The van der Waals surface area contributed by atoms with Crippen molar-refractivity contribution in [2.75, 3.05) is 6.54 Å². The highest BCUT2D eigenvalue weighted by Crippen LogP contribution is 2.40. The van der Waals surface area contributed by atoms with Gasteiger partial charge in [0.05, 0.1) is 5.54 Å². The number of carboxylic acid groups (broad SMARTS) is 1. The largest absolute Gasteiger partial charge is 0.480 e. The number of hydrogen-bond donors (Lipinski definition) is 2. The monoisotopic (exact) mass is 240 g/mol. The van der Waals surface area contributed by atoms with Gasteiger partial charge in [-0.1, -0.05) is 6.92 Å². The van der Waals surface area contributed by atoms with Crippen LogP contribution in [0.5, 0.6) is 0 Å². The summed E-state index contributed by atoms with van der Waals surface area (Å²) in [5.74, 6) is -0.890. The van der Waals surface area contributed by atoms with E-state index in [0.29, 0.717) is 6.54 Å². The van der Waals surface area contributed by atoms with Crippen molar-refractivity contribution in [2.24, 2.45) is 17.6 Å². The van der Waals surface area contributed by atoms with Gasteiger partial charge in [-0.25, -0.2) is 4.79 Å². The van der Waals surface area contributed by atoms with Crippen LogP contribution in [0.15, 0.2) is 0 Å². The SMILES string of the molecule is CC1CCN(C(=O)C(C)(N)C2CC2)C1C(=O)O. The Hall–Kier alpha value is -1.10. The second-order valence-electron chi connectivity index (χ2n) is 5.60. The van der Waals surface area contributed by atoms with Gasteiger partial charge in [0.25, 0.3) is 0 Å². The molecule has 1 aliphatic heterocycles. The molecule has 1 saturated carbocycles. The zero-order valence-corrected chi connectivity index (χ0v) is 10.3. The molecule has 0 aromatic heterocycles. The molecule has 1 amide bonds. The molecule has 5 heteroatoms. The van der Waals surface area contributed by atoms with Crippen LogP contribution in [0.1, 0.15) is 33.1 Å². The van der Waals surface area contributed by atoms with E-state index in [9.17, 15) is 14.7 Å². The summed E-state index contributed by atoms with van der Waals surface area (Å²) in [5, 5.41) is 9.19. The van der Waals surface area contributed by atoms with Crippen molar-refractivity contribution in [1.82, 2.24) is 4.90 Å². The third-order valence-corrected chi connectivity index (χ3v) is 4.10. The highest BCUT2D eigenvalue weighted by atomic mass is 16.4. The first kappa shape index (κ1) is 12.4. The topological polar surface area (TPSA) is 83.6 Å². The summed E-state index contributed by atoms with van der Waals surface area (Å²) >= 11 is 0. The number of aliphatic carboxylic acids is 1. The van der Waals surface area contributed by atoms with Gasteiger partial charge in [-0.2, -0.15) is 0 Å². The molecular formula is C12H20N2O3. The maximum atomic E-state index is 12.3. The molecule has 3 N–H and O–H groups in total. The summed E-state index contributed by atoms with van der Waals surface area (Å²) in [7, 11) is 0. The summed E-state index contributed by atoms with van der Waals surface area (Å²) in [6, 6.07) is -0.705. The molecule has 3 atom stereocenters. The van der Waals surface area contributed by atoms with Crippen LogP contribution < -0.4 is 5.73 Å². The Morgan fingerprint density at radius 2 is 1.94 bits per heavy atom. The van der Waals surface area contributed by atoms with Crippen LogP contribution in [-0.4, -0.2) is 40.0 Å². The molecule has 96 valence electrons. The first-order chi connectivity index (χ1) is 7.85. The molecule has 2 fully saturated rings. The van der Waals surface area contributed by atoms with Crippen LogP contribution in [0.4, 0.5) is 0 Å². The van der Waals surface area contributed by atoms with Crippen LogP contribution in [0.2, 0.25) is 0 Å². The molecule has 1 heterocycles. The minimum atomic E-state index is -0.921. The molecule has 1 saturated heterocycles. The summed E-state index contributed by atoms with van der Waals surface area (Å²) in [4.78, 5) is 25.0. The number of carboxylic acids is 1. The highest BCUT2D eigenvalue weighted by Gasteiger charge is 2.50. The Morgan fingerprint density at radius 3 is 2.41 bits per heavy atom. The van der Waals surface area contributed by atoms with E-state index in [1.807, 2.05) is 6.92 Å². The van der Waals surface area contributed by atoms with Gasteiger partial charge in [0.2, 0.25) is 5.91 Å². The molecule has 5 nitrogen and oxygen atoms in total. The average molecular weight is 240 g/mol. The van der Waals surface area contributed by atoms with Crippen LogP contribution >= 0.6 is 0 Å². The van der Waals surface area contributed by atoms with Gasteiger partial charge in [0, 0.05) is 6.54 Å². The van der Waals surface area contributed by atoms with E-state index >= 15 is 0 Å². The van der Waals surface area contributed by atoms with Gasteiger partial charge in [0.1, 0.15) is 6.04 Å². The molecule has 0 aromatic rings. The lowest BCUT2D eigenvalue weighted by molar-refractivity contribution is -0.151. The molecule has 1 aliphatic carbocycles. The lowest BCUT2D eigenvalue weighted by atomic mass is 9.94. The van der Waals surface area contributed by atoms with E-state index < -0.39 is 17.6 Å². The molecular weight excluding hydrogens is 220 g/mol. The van der Waals surface area contributed by atoms with Crippen LogP contribution in [-0.2, 0) is 9.59 Å². The van der Waals surface area contributed by atoms with Crippen LogP contribution in [0.25, 0.3) is 0 Å². The van der Waals surface area contributed by atoms with Crippen molar-refractivity contribution < 1.29 is 14.7 Å². The summed E-state index contributed by atoms with van der Waals surface area (Å²) in [6.45, 7) is 4.11. The summed E-state index contributed by atoms with van der Waals surface area (Å²) in [6.07, 6.45) is 2.68. The van der Waals surface area contributed by atoms with Crippen LogP contribution in [0, 0.1) is 11.8 Å². The summed E-state index contributed by atoms with van der Waals surface area (Å²) in [5.41, 5.74) is 5.18. The second-order valence-corrected chi connectivity index (χ2v) is 5.60. The molecule has 17 heavy (non-hydrogen) atoms. The Kier molecular flexibility index (Phi) is 2.89. The first-order valence-corrected chi connectivity index (χ1v) is 6.18. The minimum Gasteiger partial charge on any atom is -0.480 e. The van der Waals surface area contributed by atoms with Gasteiger partial charge < -0.3 is 15.7 Å². The van der Waals surface area contributed by atoms with Crippen molar-refractivity contribution in [3.63, 3.8) is 0 Å². The van der Waals surface area contributed by atoms with Crippen molar-refractivity contribution >= 4 is 11.9 Å². The zero-order chi connectivity index (χ0) is 12.8. The number of carbonyl (C=O) groups is 2. The quantitative estimate of drug-likeness (QED) is 0.749. The van der Waals surface area contributed by atoms with E-state index in [0.717, 1.165) is 19.3 Å². The molecule has 0 spiro atoms. The highest BCUT2D eigenvalue weighted by molar-refractivity contribution is 5.91. The average Bonchev–Trinajstić information content (AvgIpc) is 3.01. The fourth-order valence-corrected chi connectivity index (χ4v) is 2.72. The third kappa shape index (κ3) is 2.04. The number of nitrogens with two attached hydrogens (primary N) is 1.